The van der Waals surface area contributed by atoms with E-state index in [9.17, 15) is 13.2 Å². The molecule has 0 aliphatic carbocycles. The number of aromatic nitrogens is 6. The van der Waals surface area contributed by atoms with Gasteiger partial charge in [-0.2, -0.15) is 8.78 Å². The molecule has 142 valence electrons. The van der Waals surface area contributed by atoms with E-state index in [-0.39, 0.29) is 18.0 Å². The predicted octanol–water partition coefficient (Wildman–Crippen LogP) is 4.28. The number of hydrogen-bond donors (Lipinski definition) is 0. The third-order valence-corrected chi connectivity index (χ3v) is 4.22. The maximum atomic E-state index is 14.5. The lowest BCUT2D eigenvalue weighted by Gasteiger charge is -2.04. The largest absolute Gasteiger partial charge is 0.415 e. The van der Waals surface area contributed by atoms with Crippen molar-refractivity contribution in [3.63, 3.8) is 0 Å². The van der Waals surface area contributed by atoms with Gasteiger partial charge in [0, 0.05) is 11.1 Å². The van der Waals surface area contributed by atoms with Gasteiger partial charge < -0.3 is 4.42 Å². The lowest BCUT2D eigenvalue weighted by atomic mass is 10.1. The SMILES string of the molecule is Fc1cc(-c2nnc(C(F)F)o2)ccc1Cn1cc(-c2cccc(Br)n2)nn1. The van der Waals surface area contributed by atoms with E-state index >= 15 is 0 Å². The normalized spacial score (nSPS) is 11.3. The smallest absolute Gasteiger partial charge is 0.314 e. The molecule has 0 saturated carbocycles. The summed E-state index contributed by atoms with van der Waals surface area (Å²) in [7, 11) is 0. The molecule has 7 nitrogen and oxygen atoms in total. The van der Waals surface area contributed by atoms with Crippen molar-refractivity contribution in [2.24, 2.45) is 0 Å². The van der Waals surface area contributed by atoms with Crippen LogP contribution >= 0.6 is 15.9 Å². The first-order valence-corrected chi connectivity index (χ1v) is 8.72. The Bertz CT molecular complexity index is 1130. The summed E-state index contributed by atoms with van der Waals surface area (Å²) in [6, 6.07) is 9.54. The Morgan fingerprint density at radius 2 is 1.93 bits per heavy atom. The molecule has 0 aliphatic heterocycles. The van der Waals surface area contributed by atoms with Gasteiger partial charge >= 0.3 is 6.43 Å². The molecule has 0 radical (unpaired) electrons. The molecular weight excluding hydrogens is 441 g/mol. The highest BCUT2D eigenvalue weighted by molar-refractivity contribution is 9.10. The van der Waals surface area contributed by atoms with Crippen LogP contribution in [0.15, 0.2) is 51.6 Å². The molecule has 0 unspecified atom stereocenters. The average molecular weight is 451 g/mol. The third-order valence-electron chi connectivity index (χ3n) is 3.78. The molecule has 0 fully saturated rings. The number of benzene rings is 1. The number of hydrogen-bond acceptors (Lipinski definition) is 6. The average Bonchev–Trinajstić information content (AvgIpc) is 3.33. The minimum absolute atomic E-state index is 0.124. The standard InChI is InChI=1S/C17H10BrF3N6O/c18-14-3-1-2-12(22-14)13-8-27(26-23-13)7-10-5-4-9(6-11(10)19)16-24-25-17(28-16)15(20)21/h1-6,8,15H,7H2. The van der Waals surface area contributed by atoms with E-state index in [1.54, 1.807) is 18.3 Å². The molecular formula is C17H10BrF3N6O. The summed E-state index contributed by atoms with van der Waals surface area (Å²) in [5, 5.41) is 14.8. The zero-order valence-corrected chi connectivity index (χ0v) is 15.5. The van der Waals surface area contributed by atoms with Crippen LogP contribution in [0, 0.1) is 5.82 Å². The van der Waals surface area contributed by atoms with Gasteiger partial charge in [-0.25, -0.2) is 14.1 Å². The zero-order valence-electron chi connectivity index (χ0n) is 13.9. The van der Waals surface area contributed by atoms with Crippen molar-refractivity contribution in [1.29, 1.82) is 0 Å². The lowest BCUT2D eigenvalue weighted by Crippen LogP contribution is -2.03. The van der Waals surface area contributed by atoms with Crippen molar-refractivity contribution in [2.45, 2.75) is 13.0 Å². The fraction of sp³-hybridized carbons (Fsp3) is 0.118. The van der Waals surface area contributed by atoms with Crippen LogP contribution in [-0.4, -0.2) is 30.2 Å². The van der Waals surface area contributed by atoms with Gasteiger partial charge in [0.1, 0.15) is 16.1 Å². The molecule has 4 rings (SSSR count). The van der Waals surface area contributed by atoms with Gasteiger partial charge in [0.25, 0.3) is 5.89 Å². The van der Waals surface area contributed by atoms with E-state index in [4.69, 9.17) is 4.42 Å². The Hall–Kier alpha value is -3.08. The van der Waals surface area contributed by atoms with Gasteiger partial charge in [0.05, 0.1) is 18.4 Å². The quantitative estimate of drug-likeness (QED) is 0.422. The first kappa shape index (κ1) is 18.3. The minimum Gasteiger partial charge on any atom is -0.415 e. The molecule has 0 aliphatic rings. The van der Waals surface area contributed by atoms with E-state index < -0.39 is 18.1 Å². The molecule has 0 amide bonds. The molecule has 11 heteroatoms. The van der Waals surface area contributed by atoms with Crippen molar-refractivity contribution < 1.29 is 17.6 Å². The van der Waals surface area contributed by atoms with Crippen LogP contribution in [0.3, 0.4) is 0 Å². The third kappa shape index (κ3) is 3.79. The molecule has 0 saturated heterocycles. The molecule has 3 heterocycles. The van der Waals surface area contributed by atoms with Crippen LogP contribution in [0.5, 0.6) is 0 Å². The highest BCUT2D eigenvalue weighted by atomic mass is 79.9. The summed E-state index contributed by atoms with van der Waals surface area (Å²) in [6.45, 7) is 0.124. The van der Waals surface area contributed by atoms with Crippen LogP contribution in [-0.2, 0) is 6.54 Å². The van der Waals surface area contributed by atoms with Crippen LogP contribution in [0.2, 0.25) is 0 Å². The Kier molecular flexibility index (Phi) is 4.90. The molecule has 4 aromatic rings. The van der Waals surface area contributed by atoms with E-state index in [0.717, 1.165) is 6.07 Å². The summed E-state index contributed by atoms with van der Waals surface area (Å²) >= 11 is 3.29. The molecule has 0 N–H and O–H groups in total. The summed E-state index contributed by atoms with van der Waals surface area (Å²) in [6.07, 6.45) is -1.23. The summed E-state index contributed by atoms with van der Waals surface area (Å²) < 4.78 is 46.5. The highest BCUT2D eigenvalue weighted by Crippen LogP contribution is 2.25. The number of nitrogens with zero attached hydrogens (tertiary/aromatic N) is 6. The van der Waals surface area contributed by atoms with E-state index in [1.165, 1.54) is 16.8 Å². The molecule has 3 aromatic heterocycles. The first-order chi connectivity index (χ1) is 13.5. The van der Waals surface area contributed by atoms with Crippen LogP contribution in [0.4, 0.5) is 13.2 Å². The van der Waals surface area contributed by atoms with Gasteiger partial charge in [-0.15, -0.1) is 15.3 Å². The van der Waals surface area contributed by atoms with Gasteiger partial charge in [-0.1, -0.05) is 17.3 Å². The second-order valence-corrected chi connectivity index (χ2v) is 6.51. The highest BCUT2D eigenvalue weighted by Gasteiger charge is 2.18. The minimum atomic E-state index is -2.88. The van der Waals surface area contributed by atoms with Gasteiger partial charge in [0.15, 0.2) is 0 Å². The predicted molar refractivity (Wildman–Crippen MR) is 94.7 cm³/mol. The summed E-state index contributed by atoms with van der Waals surface area (Å²) in [5.74, 6) is -1.55. The summed E-state index contributed by atoms with van der Waals surface area (Å²) in [5.41, 5.74) is 1.71. The van der Waals surface area contributed by atoms with Crippen molar-refractivity contribution in [2.75, 3.05) is 0 Å². The second kappa shape index (κ2) is 7.50. The van der Waals surface area contributed by atoms with Crippen molar-refractivity contribution in [3.8, 4) is 22.8 Å². The molecule has 0 spiro atoms. The molecule has 0 atom stereocenters. The number of alkyl halides is 2. The molecule has 28 heavy (non-hydrogen) atoms. The van der Waals surface area contributed by atoms with Crippen molar-refractivity contribution >= 4 is 15.9 Å². The molecule has 1 aromatic carbocycles. The van der Waals surface area contributed by atoms with Crippen LogP contribution < -0.4 is 0 Å². The summed E-state index contributed by atoms with van der Waals surface area (Å²) in [4.78, 5) is 4.29. The monoisotopic (exact) mass is 450 g/mol. The maximum Gasteiger partial charge on any atom is 0.314 e. The Balaban J connectivity index is 1.54. The number of rotatable bonds is 5. The van der Waals surface area contributed by atoms with E-state index in [2.05, 4.69) is 41.4 Å². The topological polar surface area (TPSA) is 82.5 Å². The Morgan fingerprint density at radius 3 is 2.64 bits per heavy atom. The number of halogens is 4. The Labute approximate surface area is 164 Å². The van der Waals surface area contributed by atoms with Gasteiger partial charge in [0.2, 0.25) is 5.89 Å². The fourth-order valence-corrected chi connectivity index (χ4v) is 2.81. The second-order valence-electron chi connectivity index (χ2n) is 5.70. The zero-order chi connectivity index (χ0) is 19.7. The molecule has 0 bridgehead atoms. The first-order valence-electron chi connectivity index (χ1n) is 7.93. The van der Waals surface area contributed by atoms with E-state index in [1.807, 2.05) is 6.07 Å². The van der Waals surface area contributed by atoms with Crippen LogP contribution in [0.1, 0.15) is 17.9 Å². The van der Waals surface area contributed by atoms with Crippen LogP contribution in [0.25, 0.3) is 22.8 Å². The van der Waals surface area contributed by atoms with Crippen molar-refractivity contribution in [1.82, 2.24) is 30.2 Å². The van der Waals surface area contributed by atoms with Gasteiger partial charge in [-0.3, -0.25) is 0 Å². The maximum absolute atomic E-state index is 14.5. The fourth-order valence-electron chi connectivity index (χ4n) is 2.47. The van der Waals surface area contributed by atoms with E-state index in [0.29, 0.717) is 21.6 Å². The number of pyridine rings is 1. The Morgan fingerprint density at radius 1 is 1.07 bits per heavy atom. The lowest BCUT2D eigenvalue weighted by molar-refractivity contribution is 0.116. The van der Waals surface area contributed by atoms with Crippen molar-refractivity contribution in [3.05, 3.63) is 64.5 Å². The van der Waals surface area contributed by atoms with Gasteiger partial charge in [-0.05, 0) is 40.2 Å².